The molecule has 0 unspecified atom stereocenters. The van der Waals surface area contributed by atoms with Gasteiger partial charge in [0.05, 0.1) is 5.52 Å². The van der Waals surface area contributed by atoms with Gasteiger partial charge in [-0.15, -0.1) is 0 Å². The lowest BCUT2D eigenvalue weighted by Gasteiger charge is -2.12. The first kappa shape index (κ1) is 10.8. The lowest BCUT2D eigenvalue weighted by molar-refractivity contribution is 0.698. The Kier molecular flexibility index (Phi) is 2.63. The number of hydrogen-bond donors (Lipinski definition) is 1. The Bertz CT molecular complexity index is 614. The number of nitrogens with one attached hydrogen (secondary N) is 1. The van der Waals surface area contributed by atoms with E-state index >= 15 is 0 Å². The summed E-state index contributed by atoms with van der Waals surface area (Å²) in [6, 6.07) is 5.48. The molecule has 0 saturated heterocycles. The first-order valence-corrected chi connectivity index (χ1v) is 6.31. The van der Waals surface area contributed by atoms with Crippen molar-refractivity contribution in [3.05, 3.63) is 39.4 Å². The van der Waals surface area contributed by atoms with Crippen molar-refractivity contribution in [2.45, 2.75) is 31.6 Å². The molecule has 1 aromatic carbocycles. The average Bonchev–Trinajstić information content (AvgIpc) is 2.82. The van der Waals surface area contributed by atoms with Gasteiger partial charge < -0.3 is 4.98 Å². The van der Waals surface area contributed by atoms with Crippen LogP contribution in [0.15, 0.2) is 23.0 Å². The monoisotopic (exact) mass is 248 g/mol. The van der Waals surface area contributed by atoms with E-state index in [4.69, 9.17) is 11.6 Å². The first-order valence-electron chi connectivity index (χ1n) is 5.93. The van der Waals surface area contributed by atoms with E-state index in [0.717, 1.165) is 29.4 Å². The summed E-state index contributed by atoms with van der Waals surface area (Å²) in [5.74, 6) is 0.451. The van der Waals surface area contributed by atoms with Crippen LogP contribution >= 0.6 is 11.6 Å². The van der Waals surface area contributed by atoms with Crippen molar-refractivity contribution in [2.75, 3.05) is 0 Å². The molecule has 88 valence electrons. The van der Waals surface area contributed by atoms with Crippen LogP contribution in [0.4, 0.5) is 0 Å². The van der Waals surface area contributed by atoms with Crippen molar-refractivity contribution < 1.29 is 0 Å². The number of rotatable bonds is 1. The molecule has 1 aromatic heterocycles. The van der Waals surface area contributed by atoms with E-state index in [1.165, 1.54) is 12.8 Å². The average molecular weight is 249 g/mol. The van der Waals surface area contributed by atoms with Crippen molar-refractivity contribution in [3.8, 4) is 0 Å². The van der Waals surface area contributed by atoms with Gasteiger partial charge in [-0.05, 0) is 37.0 Å². The quantitative estimate of drug-likeness (QED) is 0.842. The van der Waals surface area contributed by atoms with E-state index in [2.05, 4.69) is 9.97 Å². The zero-order valence-corrected chi connectivity index (χ0v) is 10.1. The zero-order valence-electron chi connectivity index (χ0n) is 9.37. The van der Waals surface area contributed by atoms with Gasteiger partial charge in [0.25, 0.3) is 0 Å². The Labute approximate surface area is 104 Å². The predicted molar refractivity (Wildman–Crippen MR) is 68.6 cm³/mol. The maximum Gasteiger partial charge on any atom is 0.345 e. The van der Waals surface area contributed by atoms with Crippen molar-refractivity contribution in [2.24, 2.45) is 0 Å². The predicted octanol–water partition coefficient (Wildman–Crippen LogP) is 3.23. The molecule has 0 aliphatic heterocycles. The number of halogens is 1. The molecule has 0 bridgehead atoms. The third kappa shape index (κ3) is 1.95. The number of aromatic nitrogens is 2. The van der Waals surface area contributed by atoms with Crippen LogP contribution < -0.4 is 5.69 Å². The SMILES string of the molecule is O=c1nc2ccc(Cl)cc2c(C2CCCC2)[nH]1. The summed E-state index contributed by atoms with van der Waals surface area (Å²) in [5, 5.41) is 1.68. The maximum atomic E-state index is 11.5. The zero-order chi connectivity index (χ0) is 11.8. The van der Waals surface area contributed by atoms with Crippen molar-refractivity contribution >= 4 is 22.5 Å². The fourth-order valence-electron chi connectivity index (χ4n) is 2.68. The Morgan fingerprint density at radius 1 is 1.29 bits per heavy atom. The number of benzene rings is 1. The summed E-state index contributed by atoms with van der Waals surface area (Å²) in [4.78, 5) is 18.4. The minimum atomic E-state index is -0.262. The Morgan fingerprint density at radius 2 is 2.06 bits per heavy atom. The summed E-state index contributed by atoms with van der Waals surface area (Å²) >= 11 is 6.02. The molecule has 0 amide bonds. The van der Waals surface area contributed by atoms with Gasteiger partial charge in [0.15, 0.2) is 0 Å². The standard InChI is InChI=1S/C13H13ClN2O/c14-9-5-6-11-10(7-9)12(16-13(17)15-11)8-3-1-2-4-8/h5-8H,1-4H2,(H,15,16,17). The molecule has 17 heavy (non-hydrogen) atoms. The van der Waals surface area contributed by atoms with Gasteiger partial charge in [-0.25, -0.2) is 4.79 Å². The Hall–Kier alpha value is -1.35. The molecule has 1 heterocycles. The highest BCUT2D eigenvalue weighted by Crippen LogP contribution is 2.35. The highest BCUT2D eigenvalue weighted by Gasteiger charge is 2.20. The van der Waals surface area contributed by atoms with E-state index < -0.39 is 0 Å². The maximum absolute atomic E-state index is 11.5. The van der Waals surface area contributed by atoms with Gasteiger partial charge in [0, 0.05) is 16.1 Å². The number of fused-ring (bicyclic) bond motifs is 1. The van der Waals surface area contributed by atoms with Crippen LogP contribution in [0.5, 0.6) is 0 Å². The fraction of sp³-hybridized carbons (Fsp3) is 0.385. The third-order valence-corrected chi connectivity index (χ3v) is 3.71. The first-order chi connectivity index (χ1) is 8.24. The summed E-state index contributed by atoms with van der Waals surface area (Å²) in [6.07, 6.45) is 4.75. The van der Waals surface area contributed by atoms with E-state index in [-0.39, 0.29) is 5.69 Å². The van der Waals surface area contributed by atoms with Crippen LogP contribution in [0.25, 0.3) is 10.9 Å². The van der Waals surface area contributed by atoms with Crippen LogP contribution in [0.2, 0.25) is 5.02 Å². The molecule has 0 spiro atoms. The van der Waals surface area contributed by atoms with Crippen LogP contribution in [0.1, 0.15) is 37.3 Å². The van der Waals surface area contributed by atoms with Crippen LogP contribution in [-0.4, -0.2) is 9.97 Å². The molecule has 1 aliphatic carbocycles. The van der Waals surface area contributed by atoms with Crippen LogP contribution in [-0.2, 0) is 0 Å². The second-order valence-electron chi connectivity index (χ2n) is 4.60. The molecule has 1 aliphatic rings. The molecule has 0 radical (unpaired) electrons. The van der Waals surface area contributed by atoms with Crippen molar-refractivity contribution in [1.82, 2.24) is 9.97 Å². The second-order valence-corrected chi connectivity index (χ2v) is 5.03. The molecular weight excluding hydrogens is 236 g/mol. The minimum absolute atomic E-state index is 0.262. The minimum Gasteiger partial charge on any atom is -0.309 e. The Balaban J connectivity index is 2.27. The van der Waals surface area contributed by atoms with Gasteiger partial charge >= 0.3 is 5.69 Å². The number of aromatic amines is 1. The van der Waals surface area contributed by atoms with Gasteiger partial charge in [-0.2, -0.15) is 4.98 Å². The summed E-state index contributed by atoms with van der Waals surface area (Å²) in [6.45, 7) is 0. The highest BCUT2D eigenvalue weighted by molar-refractivity contribution is 6.31. The van der Waals surface area contributed by atoms with E-state index in [0.29, 0.717) is 10.9 Å². The van der Waals surface area contributed by atoms with E-state index in [9.17, 15) is 4.79 Å². The molecule has 3 rings (SSSR count). The molecule has 1 N–H and O–H groups in total. The molecular formula is C13H13ClN2O. The van der Waals surface area contributed by atoms with E-state index in [1.807, 2.05) is 12.1 Å². The fourth-order valence-corrected chi connectivity index (χ4v) is 2.85. The molecule has 0 atom stereocenters. The summed E-state index contributed by atoms with van der Waals surface area (Å²) in [7, 11) is 0. The van der Waals surface area contributed by atoms with Gasteiger partial charge in [-0.1, -0.05) is 24.4 Å². The Morgan fingerprint density at radius 3 is 2.82 bits per heavy atom. The van der Waals surface area contributed by atoms with E-state index in [1.54, 1.807) is 6.07 Å². The topological polar surface area (TPSA) is 45.8 Å². The van der Waals surface area contributed by atoms with Gasteiger partial charge in [-0.3, -0.25) is 0 Å². The number of H-pyrrole nitrogens is 1. The van der Waals surface area contributed by atoms with Crippen LogP contribution in [0, 0.1) is 0 Å². The highest BCUT2D eigenvalue weighted by atomic mass is 35.5. The number of hydrogen-bond acceptors (Lipinski definition) is 2. The lowest BCUT2D eigenvalue weighted by Crippen LogP contribution is -2.14. The number of nitrogens with zero attached hydrogens (tertiary/aromatic N) is 1. The molecule has 2 aromatic rings. The van der Waals surface area contributed by atoms with Gasteiger partial charge in [0.2, 0.25) is 0 Å². The van der Waals surface area contributed by atoms with Gasteiger partial charge in [0.1, 0.15) is 0 Å². The summed E-state index contributed by atoms with van der Waals surface area (Å²) < 4.78 is 0. The molecule has 3 nitrogen and oxygen atoms in total. The lowest BCUT2D eigenvalue weighted by atomic mass is 9.99. The summed E-state index contributed by atoms with van der Waals surface area (Å²) in [5.41, 5.74) is 1.49. The normalized spacial score (nSPS) is 16.8. The molecule has 1 fully saturated rings. The second kappa shape index (κ2) is 4.15. The largest absolute Gasteiger partial charge is 0.345 e. The van der Waals surface area contributed by atoms with Crippen molar-refractivity contribution in [3.63, 3.8) is 0 Å². The van der Waals surface area contributed by atoms with Crippen LogP contribution in [0.3, 0.4) is 0 Å². The smallest absolute Gasteiger partial charge is 0.309 e. The third-order valence-electron chi connectivity index (χ3n) is 3.48. The molecule has 1 saturated carbocycles. The van der Waals surface area contributed by atoms with Crippen molar-refractivity contribution in [1.29, 1.82) is 0 Å². The molecule has 4 heteroatoms.